The smallest absolute Gasteiger partial charge is 0.194 e. The van der Waals surface area contributed by atoms with E-state index in [1.54, 1.807) is 13.3 Å². The minimum Gasteiger partial charge on any atom is -0.496 e. The summed E-state index contributed by atoms with van der Waals surface area (Å²) in [6.45, 7) is 3.59. The largest absolute Gasteiger partial charge is 0.496 e. The molecule has 4 heteroatoms. The highest BCUT2D eigenvalue weighted by Gasteiger charge is 2.11. The Morgan fingerprint density at radius 1 is 1.44 bits per heavy atom. The van der Waals surface area contributed by atoms with Crippen molar-refractivity contribution in [3.8, 4) is 17.0 Å². The number of aromatic amines is 1. The summed E-state index contributed by atoms with van der Waals surface area (Å²) in [6.07, 6.45) is 2.61. The summed E-state index contributed by atoms with van der Waals surface area (Å²) in [7, 11) is 1.63. The molecule has 1 aromatic heterocycles. The Balaban J connectivity index is 2.50. The minimum atomic E-state index is -0.0770. The fourth-order valence-electron chi connectivity index (χ4n) is 1.82. The summed E-state index contributed by atoms with van der Waals surface area (Å²) >= 11 is 0. The molecule has 1 heterocycles. The summed E-state index contributed by atoms with van der Waals surface area (Å²) in [6, 6.07) is 6.02. The zero-order chi connectivity index (χ0) is 13.1. The summed E-state index contributed by atoms with van der Waals surface area (Å²) < 4.78 is 5.34. The zero-order valence-electron chi connectivity index (χ0n) is 10.8. The predicted octanol–water partition coefficient (Wildman–Crippen LogP) is 2.85. The fourth-order valence-corrected chi connectivity index (χ4v) is 1.82. The molecule has 1 N–H and O–H groups in total. The van der Waals surface area contributed by atoms with Gasteiger partial charge in [0.2, 0.25) is 0 Å². The van der Waals surface area contributed by atoms with E-state index >= 15 is 0 Å². The van der Waals surface area contributed by atoms with Gasteiger partial charge in [-0.2, -0.15) is 0 Å². The number of nitrogens with zero attached hydrogens (tertiary/aromatic N) is 1. The summed E-state index contributed by atoms with van der Waals surface area (Å²) in [5.74, 6) is 1.06. The number of benzene rings is 1. The summed E-state index contributed by atoms with van der Waals surface area (Å²) in [4.78, 5) is 18.3. The van der Waals surface area contributed by atoms with Crippen LogP contribution in [0.15, 0.2) is 24.4 Å². The molecule has 0 unspecified atom stereocenters. The molecule has 0 saturated carbocycles. The van der Waals surface area contributed by atoms with Gasteiger partial charge < -0.3 is 9.72 Å². The van der Waals surface area contributed by atoms with Crippen LogP contribution in [0.4, 0.5) is 0 Å². The van der Waals surface area contributed by atoms with Crippen molar-refractivity contribution >= 4 is 5.78 Å². The number of hydrogen-bond donors (Lipinski definition) is 1. The van der Waals surface area contributed by atoms with Crippen molar-refractivity contribution in [1.82, 2.24) is 9.97 Å². The van der Waals surface area contributed by atoms with Crippen LogP contribution >= 0.6 is 0 Å². The van der Waals surface area contributed by atoms with Gasteiger partial charge in [-0.05, 0) is 24.1 Å². The number of ether oxygens (including phenoxy) is 1. The molecule has 0 fully saturated rings. The Bertz CT molecular complexity index is 573. The number of aryl methyl sites for hydroxylation is 1. The quantitative estimate of drug-likeness (QED) is 0.841. The van der Waals surface area contributed by atoms with Gasteiger partial charge in [0.1, 0.15) is 5.75 Å². The van der Waals surface area contributed by atoms with Crippen LogP contribution in [0.3, 0.4) is 0 Å². The van der Waals surface area contributed by atoms with Crippen LogP contribution < -0.4 is 4.74 Å². The van der Waals surface area contributed by atoms with E-state index in [2.05, 4.69) is 23.0 Å². The molecular weight excluding hydrogens is 228 g/mol. The number of nitrogens with one attached hydrogen (secondary N) is 1. The minimum absolute atomic E-state index is 0.0770. The van der Waals surface area contributed by atoms with Gasteiger partial charge in [-0.1, -0.05) is 13.0 Å². The number of hydrogen-bond acceptors (Lipinski definition) is 3. The maximum Gasteiger partial charge on any atom is 0.194 e. The van der Waals surface area contributed by atoms with Gasteiger partial charge in [-0.3, -0.25) is 4.79 Å². The molecule has 0 atom stereocenters. The molecule has 2 aromatic rings. The lowest BCUT2D eigenvalue weighted by Gasteiger charge is -2.08. The van der Waals surface area contributed by atoms with Crippen molar-refractivity contribution < 1.29 is 9.53 Å². The number of carbonyl (C=O) groups excluding carboxylic acids is 1. The molecule has 0 spiro atoms. The van der Waals surface area contributed by atoms with Gasteiger partial charge in [-0.25, -0.2) is 4.98 Å². The molecule has 0 aliphatic carbocycles. The van der Waals surface area contributed by atoms with Crippen LogP contribution in [0.2, 0.25) is 0 Å². The summed E-state index contributed by atoms with van der Waals surface area (Å²) in [5.41, 5.74) is 2.94. The molecule has 0 aliphatic heterocycles. The maximum absolute atomic E-state index is 11.2. The molecule has 94 valence electrons. The average Bonchev–Trinajstić information content (AvgIpc) is 2.87. The highest BCUT2D eigenvalue weighted by atomic mass is 16.5. The first-order chi connectivity index (χ1) is 8.65. The van der Waals surface area contributed by atoms with Crippen LogP contribution in [0.1, 0.15) is 30.0 Å². The van der Waals surface area contributed by atoms with E-state index in [-0.39, 0.29) is 5.78 Å². The second-order valence-corrected chi connectivity index (χ2v) is 4.09. The number of imidazole rings is 1. The third-order valence-electron chi connectivity index (χ3n) is 2.87. The average molecular weight is 244 g/mol. The predicted molar refractivity (Wildman–Crippen MR) is 70.0 cm³/mol. The number of aromatic nitrogens is 2. The van der Waals surface area contributed by atoms with E-state index in [0.29, 0.717) is 5.82 Å². The third kappa shape index (κ3) is 2.27. The molecule has 0 saturated heterocycles. The summed E-state index contributed by atoms with van der Waals surface area (Å²) in [5, 5.41) is 0. The van der Waals surface area contributed by atoms with E-state index in [4.69, 9.17) is 4.74 Å². The molecule has 0 radical (unpaired) electrons. The first-order valence-electron chi connectivity index (χ1n) is 5.89. The second-order valence-electron chi connectivity index (χ2n) is 4.09. The van der Waals surface area contributed by atoms with E-state index in [9.17, 15) is 4.79 Å². The van der Waals surface area contributed by atoms with Crippen molar-refractivity contribution in [3.63, 3.8) is 0 Å². The molecule has 4 nitrogen and oxygen atoms in total. The molecule has 18 heavy (non-hydrogen) atoms. The first kappa shape index (κ1) is 12.4. The molecular formula is C14H16N2O2. The van der Waals surface area contributed by atoms with Crippen molar-refractivity contribution in [1.29, 1.82) is 0 Å². The molecule has 0 amide bonds. The lowest BCUT2D eigenvalue weighted by molar-refractivity contribution is 0.100. The number of carbonyl (C=O) groups is 1. The standard InChI is InChI=1S/C14H16N2O2/c1-4-10-5-6-13(18-3)11(7-10)12-8-15-14(16-12)9(2)17/h5-8H,4H2,1-3H3,(H,15,16). The van der Waals surface area contributed by atoms with Crippen LogP contribution in [-0.2, 0) is 6.42 Å². The Labute approximate surface area is 106 Å². The number of rotatable bonds is 4. The zero-order valence-corrected chi connectivity index (χ0v) is 10.8. The van der Waals surface area contributed by atoms with Gasteiger partial charge in [0, 0.05) is 12.5 Å². The van der Waals surface area contributed by atoms with E-state index in [1.807, 2.05) is 12.1 Å². The van der Waals surface area contributed by atoms with Gasteiger partial charge in [0.15, 0.2) is 11.6 Å². The van der Waals surface area contributed by atoms with Crippen molar-refractivity contribution in [2.45, 2.75) is 20.3 Å². The maximum atomic E-state index is 11.2. The lowest BCUT2D eigenvalue weighted by atomic mass is 10.1. The number of methoxy groups -OCH3 is 1. The van der Waals surface area contributed by atoms with Crippen molar-refractivity contribution in [2.75, 3.05) is 7.11 Å². The molecule has 2 rings (SSSR count). The highest BCUT2D eigenvalue weighted by molar-refractivity contribution is 5.91. The van der Waals surface area contributed by atoms with Crippen molar-refractivity contribution in [3.05, 3.63) is 35.8 Å². The van der Waals surface area contributed by atoms with Crippen LogP contribution in [0.5, 0.6) is 5.75 Å². The topological polar surface area (TPSA) is 55.0 Å². The van der Waals surface area contributed by atoms with Crippen LogP contribution in [0.25, 0.3) is 11.3 Å². The SMILES string of the molecule is CCc1ccc(OC)c(-c2cnc(C(C)=O)[nH]2)c1. The van der Waals surface area contributed by atoms with E-state index in [0.717, 1.165) is 23.4 Å². The lowest BCUT2D eigenvalue weighted by Crippen LogP contribution is -1.95. The van der Waals surface area contributed by atoms with Crippen LogP contribution in [0, 0.1) is 0 Å². The number of Topliss-reactive ketones (excluding diaryl/α,β-unsaturated/α-hetero) is 1. The second kappa shape index (κ2) is 5.04. The Morgan fingerprint density at radius 2 is 2.22 bits per heavy atom. The normalized spacial score (nSPS) is 10.4. The number of H-pyrrole nitrogens is 1. The Morgan fingerprint density at radius 3 is 2.78 bits per heavy atom. The Hall–Kier alpha value is -2.10. The molecule has 0 bridgehead atoms. The Kier molecular flexibility index (Phi) is 3.46. The number of ketones is 1. The van der Waals surface area contributed by atoms with E-state index in [1.165, 1.54) is 12.5 Å². The third-order valence-corrected chi connectivity index (χ3v) is 2.87. The van der Waals surface area contributed by atoms with Gasteiger partial charge in [0.05, 0.1) is 19.0 Å². The monoisotopic (exact) mass is 244 g/mol. The van der Waals surface area contributed by atoms with Gasteiger partial charge in [0.25, 0.3) is 0 Å². The van der Waals surface area contributed by atoms with Gasteiger partial charge >= 0.3 is 0 Å². The highest BCUT2D eigenvalue weighted by Crippen LogP contribution is 2.29. The first-order valence-corrected chi connectivity index (χ1v) is 5.89. The van der Waals surface area contributed by atoms with Crippen LogP contribution in [-0.4, -0.2) is 22.9 Å². The molecule has 0 aliphatic rings. The fraction of sp³-hybridized carbons (Fsp3) is 0.286. The van der Waals surface area contributed by atoms with Gasteiger partial charge in [-0.15, -0.1) is 0 Å². The van der Waals surface area contributed by atoms with Crippen molar-refractivity contribution in [2.24, 2.45) is 0 Å². The molecule has 1 aromatic carbocycles. The van der Waals surface area contributed by atoms with E-state index < -0.39 is 0 Å².